The van der Waals surface area contributed by atoms with E-state index in [0.717, 1.165) is 22.9 Å². The highest BCUT2D eigenvalue weighted by Crippen LogP contribution is 2.60. The number of carbonyl (C=O) groups is 11. The van der Waals surface area contributed by atoms with E-state index < -0.39 is 167 Å². The van der Waals surface area contributed by atoms with Crippen LogP contribution in [0.3, 0.4) is 0 Å². The van der Waals surface area contributed by atoms with Crippen LogP contribution in [0.25, 0.3) is 11.4 Å². The lowest BCUT2D eigenvalue weighted by Crippen LogP contribution is -2.55. The summed E-state index contributed by atoms with van der Waals surface area (Å²) >= 11 is 0.936. The zero-order valence-corrected chi connectivity index (χ0v) is 71.2. The molecule has 0 spiro atoms. The fourth-order valence-electron chi connectivity index (χ4n) is 13.8. The van der Waals surface area contributed by atoms with Crippen LogP contribution in [-0.2, 0) is 63.1 Å². The fourth-order valence-corrected chi connectivity index (χ4v) is 15.3. The first-order valence-electron chi connectivity index (χ1n) is 38.5. The number of unbranched alkanes of at least 4 members (excludes halogenated alkanes) is 2. The van der Waals surface area contributed by atoms with E-state index >= 15 is 9.59 Å². The fraction of sp³-hybridized carbons (Fsp3) is 0.762. The monoisotopic (exact) mass is 1590 g/mol. The number of halogens is 3. The van der Waals surface area contributed by atoms with E-state index in [2.05, 4.69) is 47.0 Å². The summed E-state index contributed by atoms with van der Waals surface area (Å²) in [6, 6.07) is 4.59. The highest BCUT2D eigenvalue weighted by molar-refractivity contribution is 8.02. The molecule has 31 heteroatoms. The SMILES string of the molecule is CCCC(C)(C)C(=O)N[C@H](CCCCNC(=O)C(CC(C)(C)C(C)(C)C(CC(C)(C)C(C)(C)C(CC(C)(CC)C(C)(C)C(=O)O)C(=O)N(C)C)C(=O)NCCCC[C@H](NC(=O)CC(F)(F)F)C(=O)O)C(C)(C)SC(CC(=O)O)C(=O)NCCC(=O)NC(C)(C)CCOC(C)(C)c1ccc(-c2nnc(C)nn2)cc1)C(=O)O. The van der Waals surface area contributed by atoms with Crippen molar-refractivity contribution < 1.29 is 91.1 Å². The number of benzene rings is 1. The molecule has 630 valence electrons. The Morgan fingerprint density at radius 3 is 1.51 bits per heavy atom. The average Bonchev–Trinajstić information content (AvgIpc) is 0.741. The summed E-state index contributed by atoms with van der Waals surface area (Å²) in [6.07, 6.45) is -5.22. The van der Waals surface area contributed by atoms with Crippen molar-refractivity contribution in [1.29, 1.82) is 0 Å². The van der Waals surface area contributed by atoms with Crippen molar-refractivity contribution in [1.82, 2.24) is 57.2 Å². The molecular formula is C80H132F3N11O16S. The molecule has 0 aliphatic carbocycles. The molecule has 2 rings (SSSR count). The van der Waals surface area contributed by atoms with Gasteiger partial charge in [-0.25, -0.2) is 9.59 Å². The number of aliphatic carboxylic acids is 4. The van der Waals surface area contributed by atoms with Crippen molar-refractivity contribution >= 4 is 77.0 Å². The van der Waals surface area contributed by atoms with E-state index in [1.807, 2.05) is 133 Å². The number of nitrogens with zero attached hydrogens (tertiary/aromatic N) is 5. The zero-order chi connectivity index (χ0) is 85.7. The van der Waals surface area contributed by atoms with Gasteiger partial charge in [0.1, 0.15) is 18.5 Å². The second-order valence-corrected chi connectivity index (χ2v) is 37.5. The standard InChI is InChI=1S/C80H132F3N11O16S/c1-25-38-70(4,5)68(107)88-56(67(105)106)32-28-30-41-85-63(100)53(78(20,21)111-57(44-60(97)98)64(101)86-42-37-58(95)89-73(10,11)39-43-110-77(18,19)51-35-33-50(34-36-51)61-92-90-49(3)91-93-61)46-72(8,9)74(12,13)52(62(99)84-40-29-27-31-55(66(103)104)87-59(96)48-80(81,82)83)45-71(6,7)75(14,15)54(65(102)94(23)24)47-79(22,26-2)76(16,17)69(108)109/h33-36,52-57H,25-32,37-48H2,1-24H3,(H,84,99)(H,85,100)(H,86,101)(H,87,96)(H,88,107)(H,89,95)(H,97,98)(H,103,104)(H,105,106)(H,108,109)/t52?,53?,54?,55-,56+,57?,79?/m0/s1. The number of amides is 7. The summed E-state index contributed by atoms with van der Waals surface area (Å²) in [6.45, 7) is 40.1. The number of alkyl halides is 3. The average molecular weight is 1590 g/mol. The van der Waals surface area contributed by atoms with Crippen molar-refractivity contribution in [3.8, 4) is 11.4 Å². The molecule has 111 heavy (non-hydrogen) atoms. The largest absolute Gasteiger partial charge is 0.481 e. The molecule has 5 unspecified atom stereocenters. The van der Waals surface area contributed by atoms with Crippen LogP contribution in [-0.4, -0.2) is 185 Å². The van der Waals surface area contributed by atoms with E-state index in [0.29, 0.717) is 37.3 Å². The Hall–Kier alpha value is -7.57. The molecule has 10 N–H and O–H groups in total. The van der Waals surface area contributed by atoms with Crippen molar-refractivity contribution in [3.63, 3.8) is 0 Å². The Labute approximate surface area is 659 Å². The van der Waals surface area contributed by atoms with Gasteiger partial charge in [-0.2, -0.15) is 13.2 Å². The molecule has 0 radical (unpaired) electrons. The Balaban J connectivity index is 2.75. The van der Waals surface area contributed by atoms with Crippen LogP contribution in [0, 0.1) is 62.6 Å². The van der Waals surface area contributed by atoms with Gasteiger partial charge in [-0.1, -0.05) is 121 Å². The molecule has 0 aliphatic heterocycles. The van der Waals surface area contributed by atoms with E-state index in [-0.39, 0.29) is 96.4 Å². The molecule has 27 nitrogen and oxygen atoms in total. The van der Waals surface area contributed by atoms with Gasteiger partial charge in [0, 0.05) is 79.9 Å². The summed E-state index contributed by atoms with van der Waals surface area (Å²) in [7, 11) is 3.23. The number of rotatable bonds is 50. The van der Waals surface area contributed by atoms with Gasteiger partial charge in [0.15, 0.2) is 5.82 Å². The van der Waals surface area contributed by atoms with Crippen LogP contribution in [0.5, 0.6) is 0 Å². The molecule has 1 aromatic carbocycles. The van der Waals surface area contributed by atoms with Crippen molar-refractivity contribution in [2.75, 3.05) is 40.3 Å². The number of carboxylic acid groups (broad SMARTS) is 4. The highest BCUT2D eigenvalue weighted by Gasteiger charge is 2.57. The maximum Gasteiger partial charge on any atom is 0.397 e. The first kappa shape index (κ1) is 99.5. The molecule has 0 fully saturated rings. The third kappa shape index (κ3) is 29.7. The van der Waals surface area contributed by atoms with E-state index in [1.54, 1.807) is 62.6 Å². The Kier molecular flexibility index (Phi) is 36.7. The van der Waals surface area contributed by atoms with Gasteiger partial charge in [-0.3, -0.25) is 43.2 Å². The van der Waals surface area contributed by atoms with Gasteiger partial charge < -0.3 is 62.0 Å². The number of hydrogen-bond donors (Lipinski definition) is 10. The van der Waals surface area contributed by atoms with Gasteiger partial charge in [-0.15, -0.1) is 32.2 Å². The quantitative estimate of drug-likeness (QED) is 0.0275. The van der Waals surface area contributed by atoms with Gasteiger partial charge in [-0.05, 0) is 172 Å². The van der Waals surface area contributed by atoms with Gasteiger partial charge in [0.05, 0.1) is 28.6 Å². The number of aromatic nitrogens is 4. The molecule has 7 atom stereocenters. The normalized spacial score (nSPS) is 15.1. The highest BCUT2D eigenvalue weighted by atomic mass is 32.2. The molecule has 7 amide bonds. The molecular weight excluding hydrogens is 1460 g/mol. The van der Waals surface area contributed by atoms with Crippen LogP contribution in [0.15, 0.2) is 24.3 Å². The van der Waals surface area contributed by atoms with Crippen molar-refractivity contribution in [3.05, 3.63) is 35.7 Å². The van der Waals surface area contributed by atoms with E-state index in [1.165, 1.54) is 4.90 Å². The molecule has 0 bridgehead atoms. The van der Waals surface area contributed by atoms with Crippen LogP contribution in [0.4, 0.5) is 13.2 Å². The number of aryl methyl sites for hydroxylation is 1. The summed E-state index contributed by atoms with van der Waals surface area (Å²) in [5, 5.41) is 72.3. The first-order chi connectivity index (χ1) is 50.6. The second-order valence-electron chi connectivity index (χ2n) is 35.6. The molecule has 1 heterocycles. The molecule has 0 aliphatic rings. The number of hydrogen-bond acceptors (Lipinski definition) is 17. The predicted molar refractivity (Wildman–Crippen MR) is 419 cm³/mol. The number of thioether (sulfide) groups is 1. The van der Waals surface area contributed by atoms with E-state index in [9.17, 15) is 76.7 Å². The summed E-state index contributed by atoms with van der Waals surface area (Å²) < 4.78 is 44.2. The minimum Gasteiger partial charge on any atom is -0.481 e. The van der Waals surface area contributed by atoms with Gasteiger partial charge in [0.25, 0.3) is 0 Å². The molecule has 1 aromatic heterocycles. The third-order valence-corrected chi connectivity index (χ3v) is 25.3. The van der Waals surface area contributed by atoms with Crippen molar-refractivity contribution in [2.45, 2.75) is 294 Å². The number of carbonyl (C=O) groups excluding carboxylic acids is 7. The maximum absolute atomic E-state index is 15.6. The Morgan fingerprint density at radius 2 is 1.05 bits per heavy atom. The van der Waals surface area contributed by atoms with Gasteiger partial charge >= 0.3 is 30.1 Å². The lowest BCUT2D eigenvalue weighted by molar-refractivity contribution is -0.161. The predicted octanol–water partition coefficient (Wildman–Crippen LogP) is 11.9. The lowest BCUT2D eigenvalue weighted by Gasteiger charge is -2.55. The van der Waals surface area contributed by atoms with Crippen LogP contribution in [0.1, 0.15) is 260 Å². The maximum atomic E-state index is 15.6. The number of nitrogens with one attached hydrogen (secondary N) is 6. The molecule has 0 saturated heterocycles. The molecule has 0 saturated carbocycles. The lowest BCUT2D eigenvalue weighted by atomic mass is 9.49. The Morgan fingerprint density at radius 1 is 0.577 bits per heavy atom. The smallest absolute Gasteiger partial charge is 0.397 e. The zero-order valence-electron chi connectivity index (χ0n) is 70.4. The van der Waals surface area contributed by atoms with Crippen LogP contribution < -0.4 is 31.9 Å². The number of ether oxygens (including phenoxy) is 1. The summed E-state index contributed by atoms with van der Waals surface area (Å²) in [5.41, 5.74) is -7.40. The minimum absolute atomic E-state index is 0.0104. The summed E-state index contributed by atoms with van der Waals surface area (Å²) in [4.78, 5) is 151. The number of carboxylic acids is 4. The topological polar surface area (TPSA) is 405 Å². The second kappa shape index (κ2) is 40.9. The summed E-state index contributed by atoms with van der Waals surface area (Å²) in [5.74, 6) is -11.8. The van der Waals surface area contributed by atoms with Crippen LogP contribution >= 0.6 is 11.8 Å². The van der Waals surface area contributed by atoms with Crippen LogP contribution in [0.2, 0.25) is 0 Å². The molecule has 2 aromatic rings. The van der Waals surface area contributed by atoms with Gasteiger partial charge in [0.2, 0.25) is 47.2 Å². The van der Waals surface area contributed by atoms with E-state index in [4.69, 9.17) is 4.74 Å². The first-order valence-corrected chi connectivity index (χ1v) is 39.4. The Bertz CT molecular complexity index is 3490. The third-order valence-electron chi connectivity index (χ3n) is 23.7. The van der Waals surface area contributed by atoms with Crippen molar-refractivity contribution in [2.24, 2.45) is 55.7 Å². The minimum atomic E-state index is -4.89.